The van der Waals surface area contributed by atoms with Gasteiger partial charge in [-0.25, -0.2) is 22.8 Å². The topological polar surface area (TPSA) is 92.3 Å². The monoisotopic (exact) mass is 378 g/mol. The fourth-order valence-electron chi connectivity index (χ4n) is 3.02. The van der Waals surface area contributed by atoms with Gasteiger partial charge in [-0.3, -0.25) is 4.79 Å². The van der Waals surface area contributed by atoms with Gasteiger partial charge in [0.15, 0.2) is 9.84 Å². The molecule has 1 unspecified atom stereocenters. The third-order valence-electron chi connectivity index (χ3n) is 4.25. The lowest BCUT2D eigenvalue weighted by molar-refractivity contribution is 0.102. The first-order valence-corrected chi connectivity index (χ1v) is 10.1. The molecule has 1 N–H and O–H groups in total. The van der Waals surface area contributed by atoms with Crippen molar-refractivity contribution < 1.29 is 17.6 Å². The molecule has 1 aliphatic heterocycles. The van der Waals surface area contributed by atoms with Gasteiger partial charge in [-0.05, 0) is 31.5 Å². The van der Waals surface area contributed by atoms with Crippen molar-refractivity contribution in [1.82, 2.24) is 9.97 Å². The number of benzene rings is 1. The summed E-state index contributed by atoms with van der Waals surface area (Å²) in [6.45, 7) is 2.46. The van der Waals surface area contributed by atoms with E-state index in [4.69, 9.17) is 0 Å². The lowest BCUT2D eigenvalue weighted by Gasteiger charge is -2.27. The summed E-state index contributed by atoms with van der Waals surface area (Å²) in [5, 5.41) is 2.58. The molecule has 1 saturated heterocycles. The van der Waals surface area contributed by atoms with E-state index < -0.39 is 21.6 Å². The van der Waals surface area contributed by atoms with Crippen LogP contribution in [0.25, 0.3) is 0 Å². The van der Waals surface area contributed by atoms with Gasteiger partial charge in [-0.1, -0.05) is 6.07 Å². The number of hydrogen-bond acceptors (Lipinski definition) is 6. The summed E-state index contributed by atoms with van der Waals surface area (Å²) in [4.78, 5) is 22.4. The SMILES string of the molecule is CCN(c1cc(C(=O)Nc2cccc(F)c2)ncn1)C1CCS(=O)(=O)C1. The van der Waals surface area contributed by atoms with Crippen LogP contribution in [0.15, 0.2) is 36.7 Å². The van der Waals surface area contributed by atoms with Crippen LogP contribution in [0.2, 0.25) is 0 Å². The second-order valence-corrected chi connectivity index (χ2v) is 8.30. The van der Waals surface area contributed by atoms with Gasteiger partial charge in [0.05, 0.1) is 11.5 Å². The standard InChI is InChI=1S/C17H19FN4O3S/c1-2-22(14-6-7-26(24,25)10-14)16-9-15(19-11-20-16)17(23)21-13-5-3-4-12(18)8-13/h3-5,8-9,11,14H,2,6-7,10H2,1H3,(H,21,23). The van der Waals surface area contributed by atoms with Crippen LogP contribution in [-0.4, -0.2) is 48.4 Å². The number of carbonyl (C=O) groups excluding carboxylic acids is 1. The zero-order valence-corrected chi connectivity index (χ0v) is 15.0. The van der Waals surface area contributed by atoms with Crippen LogP contribution in [0.4, 0.5) is 15.9 Å². The minimum atomic E-state index is -3.03. The van der Waals surface area contributed by atoms with Crippen LogP contribution >= 0.6 is 0 Å². The molecular formula is C17H19FN4O3S. The average Bonchev–Trinajstić information content (AvgIpc) is 2.95. The van der Waals surface area contributed by atoms with Crippen molar-refractivity contribution in [2.45, 2.75) is 19.4 Å². The van der Waals surface area contributed by atoms with Crippen molar-refractivity contribution in [3.05, 3.63) is 48.2 Å². The van der Waals surface area contributed by atoms with Crippen LogP contribution in [0, 0.1) is 5.82 Å². The smallest absolute Gasteiger partial charge is 0.274 e. The van der Waals surface area contributed by atoms with Crippen molar-refractivity contribution in [1.29, 1.82) is 0 Å². The summed E-state index contributed by atoms with van der Waals surface area (Å²) in [7, 11) is -3.03. The molecule has 0 bridgehead atoms. The summed E-state index contributed by atoms with van der Waals surface area (Å²) < 4.78 is 36.7. The Labute approximate surface area is 151 Å². The Balaban J connectivity index is 1.79. The Morgan fingerprint density at radius 1 is 1.35 bits per heavy atom. The highest BCUT2D eigenvalue weighted by Crippen LogP contribution is 2.23. The molecule has 7 nitrogen and oxygen atoms in total. The first-order valence-electron chi connectivity index (χ1n) is 8.24. The number of carbonyl (C=O) groups is 1. The van der Waals surface area contributed by atoms with Gasteiger partial charge in [0, 0.05) is 24.3 Å². The maximum absolute atomic E-state index is 13.2. The molecule has 1 fully saturated rings. The highest BCUT2D eigenvalue weighted by atomic mass is 32.2. The van der Waals surface area contributed by atoms with Crippen molar-refractivity contribution in [3.63, 3.8) is 0 Å². The second kappa shape index (κ2) is 7.36. The number of sulfone groups is 1. The Bertz CT molecular complexity index is 920. The van der Waals surface area contributed by atoms with E-state index in [1.165, 1.54) is 30.6 Å². The zero-order chi connectivity index (χ0) is 18.7. The molecule has 1 aliphatic rings. The molecule has 1 aromatic heterocycles. The van der Waals surface area contributed by atoms with Crippen LogP contribution in [0.3, 0.4) is 0 Å². The number of aromatic nitrogens is 2. The van der Waals surface area contributed by atoms with E-state index in [2.05, 4.69) is 15.3 Å². The first kappa shape index (κ1) is 18.2. The molecule has 0 saturated carbocycles. The van der Waals surface area contributed by atoms with Crippen LogP contribution in [-0.2, 0) is 9.84 Å². The highest BCUT2D eigenvalue weighted by Gasteiger charge is 2.32. The van der Waals surface area contributed by atoms with Gasteiger partial charge < -0.3 is 10.2 Å². The summed E-state index contributed by atoms with van der Waals surface area (Å²) >= 11 is 0. The quantitative estimate of drug-likeness (QED) is 0.854. The summed E-state index contributed by atoms with van der Waals surface area (Å²) in [6, 6.07) is 6.91. The molecule has 0 radical (unpaired) electrons. The molecule has 2 aromatic rings. The van der Waals surface area contributed by atoms with Gasteiger partial charge >= 0.3 is 0 Å². The first-order chi connectivity index (χ1) is 12.4. The Kier molecular flexibility index (Phi) is 5.17. The van der Waals surface area contributed by atoms with Crippen LogP contribution < -0.4 is 10.2 Å². The maximum Gasteiger partial charge on any atom is 0.274 e. The molecule has 0 spiro atoms. The normalized spacial score (nSPS) is 18.5. The fourth-order valence-corrected chi connectivity index (χ4v) is 4.75. The Morgan fingerprint density at radius 2 is 2.15 bits per heavy atom. The van der Waals surface area contributed by atoms with Crippen molar-refractivity contribution in [2.75, 3.05) is 28.3 Å². The van der Waals surface area contributed by atoms with Crippen LogP contribution in [0.5, 0.6) is 0 Å². The van der Waals surface area contributed by atoms with Crippen molar-refractivity contribution >= 4 is 27.2 Å². The minimum Gasteiger partial charge on any atom is -0.353 e. The van der Waals surface area contributed by atoms with E-state index in [1.54, 1.807) is 6.07 Å². The zero-order valence-electron chi connectivity index (χ0n) is 14.2. The van der Waals surface area contributed by atoms with Gasteiger partial charge in [0.2, 0.25) is 0 Å². The number of nitrogens with zero attached hydrogens (tertiary/aromatic N) is 3. The molecule has 9 heteroatoms. The average molecular weight is 378 g/mol. The van der Waals surface area contributed by atoms with Crippen molar-refractivity contribution in [2.24, 2.45) is 0 Å². The number of amides is 1. The molecular weight excluding hydrogens is 359 g/mol. The van der Waals surface area contributed by atoms with Crippen molar-refractivity contribution in [3.8, 4) is 0 Å². The number of anilines is 2. The molecule has 2 heterocycles. The van der Waals surface area contributed by atoms with E-state index in [0.717, 1.165) is 0 Å². The van der Waals surface area contributed by atoms with E-state index in [0.29, 0.717) is 24.5 Å². The number of hydrogen-bond donors (Lipinski definition) is 1. The molecule has 3 rings (SSSR count). The van der Waals surface area contributed by atoms with Gasteiger partial charge in [0.1, 0.15) is 23.7 Å². The molecule has 0 aliphatic carbocycles. The van der Waals surface area contributed by atoms with E-state index in [9.17, 15) is 17.6 Å². The molecule has 1 aromatic carbocycles. The van der Waals surface area contributed by atoms with Gasteiger partial charge in [0.25, 0.3) is 5.91 Å². The fraction of sp³-hybridized carbons (Fsp3) is 0.353. The second-order valence-electron chi connectivity index (χ2n) is 6.07. The lowest BCUT2D eigenvalue weighted by Crippen LogP contribution is -2.37. The minimum absolute atomic E-state index is 0.0790. The lowest BCUT2D eigenvalue weighted by atomic mass is 10.2. The summed E-state index contributed by atoms with van der Waals surface area (Å²) in [5.74, 6) is -0.212. The number of halogens is 1. The van der Waals surface area contributed by atoms with E-state index >= 15 is 0 Å². The van der Waals surface area contributed by atoms with Crippen LogP contribution in [0.1, 0.15) is 23.8 Å². The Hall–Kier alpha value is -2.55. The predicted octanol–water partition coefficient (Wildman–Crippen LogP) is 1.88. The van der Waals surface area contributed by atoms with Gasteiger partial charge in [-0.15, -0.1) is 0 Å². The number of nitrogens with one attached hydrogen (secondary N) is 1. The van der Waals surface area contributed by atoms with E-state index in [1.807, 2.05) is 11.8 Å². The third-order valence-corrected chi connectivity index (χ3v) is 6.00. The van der Waals surface area contributed by atoms with Gasteiger partial charge in [-0.2, -0.15) is 0 Å². The largest absolute Gasteiger partial charge is 0.353 e. The Morgan fingerprint density at radius 3 is 2.81 bits per heavy atom. The third kappa shape index (κ3) is 4.16. The molecule has 1 amide bonds. The predicted molar refractivity (Wildman–Crippen MR) is 96.5 cm³/mol. The summed E-state index contributed by atoms with van der Waals surface area (Å²) in [6.07, 6.45) is 1.80. The molecule has 26 heavy (non-hydrogen) atoms. The highest BCUT2D eigenvalue weighted by molar-refractivity contribution is 7.91. The summed E-state index contributed by atoms with van der Waals surface area (Å²) in [5.41, 5.74) is 0.447. The molecule has 1 atom stereocenters. The molecule has 138 valence electrons. The van der Waals surface area contributed by atoms with E-state index in [-0.39, 0.29) is 23.2 Å². The maximum atomic E-state index is 13.2. The number of rotatable bonds is 5.